The molecule has 0 fully saturated rings. The Morgan fingerprint density at radius 3 is 2.48 bits per heavy atom. The molecule has 0 bridgehead atoms. The van der Waals surface area contributed by atoms with Gasteiger partial charge in [0.2, 0.25) is 0 Å². The number of benzene rings is 3. The summed E-state index contributed by atoms with van der Waals surface area (Å²) in [5, 5.41) is 0. The molecule has 0 unspecified atom stereocenters. The quantitative estimate of drug-likeness (QED) is 0.542. The average Bonchev–Trinajstić information content (AvgIpc) is 2.67. The van der Waals surface area contributed by atoms with Gasteiger partial charge < -0.3 is 9.47 Å². The predicted octanol–water partition coefficient (Wildman–Crippen LogP) is 5.41. The van der Waals surface area contributed by atoms with Crippen LogP contribution in [0.15, 0.2) is 83.9 Å². The molecule has 0 aliphatic carbocycles. The Bertz CT molecular complexity index is 828. The number of aliphatic imine (C=N–C) groups is 1. The monoisotopic (exact) mass is 331 g/mol. The Morgan fingerprint density at radius 1 is 0.840 bits per heavy atom. The lowest BCUT2D eigenvalue weighted by molar-refractivity contribution is 0.306. The van der Waals surface area contributed by atoms with Crippen LogP contribution in [0.2, 0.25) is 0 Å². The largest absolute Gasteiger partial charge is 0.492 e. The summed E-state index contributed by atoms with van der Waals surface area (Å²) >= 11 is 0. The van der Waals surface area contributed by atoms with Gasteiger partial charge in [-0.1, -0.05) is 54.6 Å². The lowest BCUT2D eigenvalue weighted by Crippen LogP contribution is -1.95. The van der Waals surface area contributed by atoms with E-state index in [2.05, 4.69) is 17.1 Å². The van der Waals surface area contributed by atoms with Gasteiger partial charge in [0.15, 0.2) is 0 Å². The van der Waals surface area contributed by atoms with Gasteiger partial charge in [0, 0.05) is 6.21 Å². The van der Waals surface area contributed by atoms with Crippen molar-refractivity contribution < 1.29 is 9.47 Å². The summed E-state index contributed by atoms with van der Waals surface area (Å²) in [6.07, 6.45) is 1.83. The molecule has 0 heterocycles. The molecule has 126 valence electrons. The highest BCUT2D eigenvalue weighted by atomic mass is 16.5. The van der Waals surface area contributed by atoms with Gasteiger partial charge in [-0.15, -0.1) is 0 Å². The first-order chi connectivity index (χ1) is 12.3. The summed E-state index contributed by atoms with van der Waals surface area (Å²) in [6.45, 7) is 3.14. The van der Waals surface area contributed by atoms with Gasteiger partial charge in [-0.05, 0) is 42.3 Å². The molecule has 25 heavy (non-hydrogen) atoms. The molecule has 0 saturated carbocycles. The molecule has 0 aliphatic rings. The van der Waals surface area contributed by atoms with Crippen LogP contribution in [-0.4, -0.2) is 12.8 Å². The van der Waals surface area contributed by atoms with Crippen LogP contribution in [0, 0.1) is 0 Å². The summed E-state index contributed by atoms with van der Waals surface area (Å²) in [7, 11) is 0. The van der Waals surface area contributed by atoms with Gasteiger partial charge in [0.1, 0.15) is 23.8 Å². The van der Waals surface area contributed by atoms with E-state index < -0.39 is 0 Å². The first-order valence-electron chi connectivity index (χ1n) is 8.38. The highest BCUT2D eigenvalue weighted by Gasteiger charge is 2.00. The Hall–Kier alpha value is -3.07. The van der Waals surface area contributed by atoms with E-state index >= 15 is 0 Å². The Balaban J connectivity index is 1.69. The normalized spacial score (nSPS) is 10.8. The van der Waals surface area contributed by atoms with Gasteiger partial charge in [-0.2, -0.15) is 0 Å². The molecule has 3 aromatic rings. The van der Waals surface area contributed by atoms with Crippen LogP contribution in [0.5, 0.6) is 11.5 Å². The smallest absolute Gasteiger partial charge is 0.144 e. The van der Waals surface area contributed by atoms with Crippen molar-refractivity contribution in [2.75, 3.05) is 6.61 Å². The van der Waals surface area contributed by atoms with Gasteiger partial charge >= 0.3 is 0 Å². The Labute approximate surface area is 148 Å². The standard InChI is InChI=1S/C22H21NO2/c1-2-24-22-14-7-6-13-21(22)23-16-19-11-8-12-20(15-19)25-17-18-9-4-3-5-10-18/h3-16H,2,17H2,1H3. The molecule has 3 heteroatoms. The number of rotatable bonds is 7. The Morgan fingerprint density at radius 2 is 1.64 bits per heavy atom. The van der Waals surface area contributed by atoms with Crippen LogP contribution in [0.3, 0.4) is 0 Å². The fraction of sp³-hybridized carbons (Fsp3) is 0.136. The summed E-state index contributed by atoms with van der Waals surface area (Å²) in [5.41, 5.74) is 2.95. The molecule has 3 nitrogen and oxygen atoms in total. The third-order valence-corrected chi connectivity index (χ3v) is 3.62. The minimum absolute atomic E-state index is 0.550. The van der Waals surface area contributed by atoms with E-state index in [1.54, 1.807) is 0 Å². The maximum absolute atomic E-state index is 5.86. The van der Waals surface area contributed by atoms with Crippen molar-refractivity contribution in [2.24, 2.45) is 4.99 Å². The van der Waals surface area contributed by atoms with E-state index in [4.69, 9.17) is 9.47 Å². The highest BCUT2D eigenvalue weighted by Crippen LogP contribution is 2.26. The van der Waals surface area contributed by atoms with E-state index in [-0.39, 0.29) is 0 Å². The van der Waals surface area contributed by atoms with Crippen molar-refractivity contribution in [3.63, 3.8) is 0 Å². The number of ether oxygens (including phenoxy) is 2. The molecule has 3 aromatic carbocycles. The maximum atomic E-state index is 5.86. The topological polar surface area (TPSA) is 30.8 Å². The zero-order chi connectivity index (χ0) is 17.3. The van der Waals surface area contributed by atoms with E-state index in [1.807, 2.05) is 79.9 Å². The number of para-hydroxylation sites is 2. The predicted molar refractivity (Wildman–Crippen MR) is 102 cm³/mol. The molecule has 0 aromatic heterocycles. The summed E-state index contributed by atoms with van der Waals surface area (Å²) in [6, 6.07) is 25.8. The maximum Gasteiger partial charge on any atom is 0.144 e. The first kappa shape index (κ1) is 16.8. The SMILES string of the molecule is CCOc1ccccc1N=Cc1cccc(OCc2ccccc2)c1. The van der Waals surface area contributed by atoms with Crippen LogP contribution in [0.1, 0.15) is 18.1 Å². The van der Waals surface area contributed by atoms with Gasteiger partial charge in [0.25, 0.3) is 0 Å². The van der Waals surface area contributed by atoms with Crippen molar-refractivity contribution >= 4 is 11.9 Å². The zero-order valence-corrected chi connectivity index (χ0v) is 14.3. The van der Waals surface area contributed by atoms with Gasteiger partial charge in [-0.25, -0.2) is 0 Å². The number of hydrogen-bond acceptors (Lipinski definition) is 3. The number of hydrogen-bond donors (Lipinski definition) is 0. The van der Waals surface area contributed by atoms with Crippen molar-refractivity contribution in [3.8, 4) is 11.5 Å². The van der Waals surface area contributed by atoms with Crippen molar-refractivity contribution in [1.82, 2.24) is 0 Å². The molecule has 0 aliphatic heterocycles. The van der Waals surface area contributed by atoms with Gasteiger partial charge in [-0.3, -0.25) is 4.99 Å². The van der Waals surface area contributed by atoms with Crippen LogP contribution < -0.4 is 9.47 Å². The lowest BCUT2D eigenvalue weighted by Gasteiger charge is -2.07. The van der Waals surface area contributed by atoms with E-state index in [1.165, 1.54) is 0 Å². The van der Waals surface area contributed by atoms with Crippen molar-refractivity contribution in [1.29, 1.82) is 0 Å². The van der Waals surface area contributed by atoms with E-state index in [0.29, 0.717) is 13.2 Å². The molecule has 0 saturated heterocycles. The fourth-order valence-electron chi connectivity index (χ4n) is 2.41. The zero-order valence-electron chi connectivity index (χ0n) is 14.3. The molecule has 3 rings (SSSR count). The van der Waals surface area contributed by atoms with E-state index in [9.17, 15) is 0 Å². The average molecular weight is 331 g/mol. The van der Waals surface area contributed by atoms with Crippen LogP contribution in [0.25, 0.3) is 0 Å². The van der Waals surface area contributed by atoms with Crippen molar-refractivity contribution in [3.05, 3.63) is 90.0 Å². The third-order valence-electron chi connectivity index (χ3n) is 3.62. The van der Waals surface area contributed by atoms with E-state index in [0.717, 1.165) is 28.3 Å². The summed E-state index contributed by atoms with van der Waals surface area (Å²) in [4.78, 5) is 4.55. The number of nitrogens with zero attached hydrogens (tertiary/aromatic N) is 1. The molecular weight excluding hydrogens is 310 g/mol. The van der Waals surface area contributed by atoms with Crippen LogP contribution in [0.4, 0.5) is 5.69 Å². The second-order valence-corrected chi connectivity index (χ2v) is 5.51. The molecule has 0 radical (unpaired) electrons. The summed E-state index contributed by atoms with van der Waals surface area (Å²) in [5.74, 6) is 1.61. The minimum Gasteiger partial charge on any atom is -0.492 e. The van der Waals surface area contributed by atoms with Crippen LogP contribution in [-0.2, 0) is 6.61 Å². The molecule has 0 amide bonds. The van der Waals surface area contributed by atoms with Crippen LogP contribution >= 0.6 is 0 Å². The second-order valence-electron chi connectivity index (χ2n) is 5.51. The molecule has 0 atom stereocenters. The fourth-order valence-corrected chi connectivity index (χ4v) is 2.41. The van der Waals surface area contributed by atoms with Gasteiger partial charge in [0.05, 0.1) is 6.61 Å². The van der Waals surface area contributed by atoms with Crippen molar-refractivity contribution in [2.45, 2.75) is 13.5 Å². The minimum atomic E-state index is 0.550. The second kappa shape index (κ2) is 8.69. The summed E-state index contributed by atoms with van der Waals surface area (Å²) < 4.78 is 11.5. The lowest BCUT2D eigenvalue weighted by atomic mass is 10.2. The first-order valence-corrected chi connectivity index (χ1v) is 8.38. The Kier molecular flexibility index (Phi) is 5.83. The molecule has 0 spiro atoms. The highest BCUT2D eigenvalue weighted by molar-refractivity contribution is 5.83. The molecule has 0 N–H and O–H groups in total. The third kappa shape index (κ3) is 4.95. The molecular formula is C22H21NO2.